The van der Waals surface area contributed by atoms with Gasteiger partial charge in [0.05, 0.1) is 19.3 Å². The van der Waals surface area contributed by atoms with Crippen LogP contribution in [0.3, 0.4) is 0 Å². The molecule has 1 aromatic rings. The van der Waals surface area contributed by atoms with Gasteiger partial charge in [0.25, 0.3) is 0 Å². The fraction of sp³-hybridized carbons (Fsp3) is 0.588. The second kappa shape index (κ2) is 8.62. The molecule has 0 heterocycles. The predicted octanol–water partition coefficient (Wildman–Crippen LogP) is 4.49. The highest BCUT2D eigenvalue weighted by Crippen LogP contribution is 2.26. The van der Waals surface area contributed by atoms with Gasteiger partial charge in [0, 0.05) is 6.07 Å². The molecular formula is C17H26O3. The molecule has 0 saturated heterocycles. The fourth-order valence-corrected chi connectivity index (χ4v) is 2.15. The summed E-state index contributed by atoms with van der Waals surface area (Å²) in [6.45, 7) is 6.59. The lowest BCUT2D eigenvalue weighted by Crippen LogP contribution is -2.13. The first-order valence-electron chi connectivity index (χ1n) is 7.44. The van der Waals surface area contributed by atoms with Crippen molar-refractivity contribution in [1.29, 1.82) is 0 Å². The van der Waals surface area contributed by atoms with E-state index in [4.69, 9.17) is 9.47 Å². The molecule has 1 aromatic carbocycles. The van der Waals surface area contributed by atoms with Crippen molar-refractivity contribution in [3.63, 3.8) is 0 Å². The fourth-order valence-electron chi connectivity index (χ4n) is 2.15. The Hall–Kier alpha value is -1.51. The summed E-state index contributed by atoms with van der Waals surface area (Å²) in [5, 5.41) is 0. The molecule has 0 aromatic heterocycles. The van der Waals surface area contributed by atoms with Crippen molar-refractivity contribution >= 4 is 5.78 Å². The Morgan fingerprint density at radius 1 is 1.30 bits per heavy atom. The first-order chi connectivity index (χ1) is 9.62. The van der Waals surface area contributed by atoms with E-state index in [1.807, 2.05) is 0 Å². The van der Waals surface area contributed by atoms with E-state index in [1.54, 1.807) is 32.2 Å². The number of ketones is 1. The molecule has 1 rings (SSSR count). The minimum Gasteiger partial charge on any atom is -0.497 e. The molecule has 3 nitrogen and oxygen atoms in total. The van der Waals surface area contributed by atoms with E-state index >= 15 is 0 Å². The molecule has 1 unspecified atom stereocenters. The van der Waals surface area contributed by atoms with Crippen molar-refractivity contribution in [2.75, 3.05) is 13.7 Å². The summed E-state index contributed by atoms with van der Waals surface area (Å²) in [6.07, 6.45) is 4.69. The van der Waals surface area contributed by atoms with Crippen molar-refractivity contribution in [2.45, 2.75) is 46.5 Å². The largest absolute Gasteiger partial charge is 0.497 e. The highest BCUT2D eigenvalue weighted by molar-refractivity contribution is 5.97. The van der Waals surface area contributed by atoms with Crippen LogP contribution in [0.1, 0.15) is 56.8 Å². The second-order valence-electron chi connectivity index (χ2n) is 5.15. The minimum absolute atomic E-state index is 0.0178. The number of methoxy groups -OCH3 is 1. The topological polar surface area (TPSA) is 35.5 Å². The predicted molar refractivity (Wildman–Crippen MR) is 81.8 cm³/mol. The smallest absolute Gasteiger partial charge is 0.163 e. The third-order valence-electron chi connectivity index (χ3n) is 3.59. The highest BCUT2D eigenvalue weighted by Gasteiger charge is 2.12. The van der Waals surface area contributed by atoms with Gasteiger partial charge < -0.3 is 9.47 Å². The van der Waals surface area contributed by atoms with E-state index in [-0.39, 0.29) is 5.78 Å². The van der Waals surface area contributed by atoms with Gasteiger partial charge in [0.2, 0.25) is 0 Å². The molecular weight excluding hydrogens is 252 g/mol. The lowest BCUT2D eigenvalue weighted by molar-refractivity contribution is 0.101. The van der Waals surface area contributed by atoms with Gasteiger partial charge in [-0.25, -0.2) is 0 Å². The molecule has 112 valence electrons. The van der Waals surface area contributed by atoms with E-state index in [2.05, 4.69) is 13.8 Å². The molecule has 0 radical (unpaired) electrons. The Kier molecular flexibility index (Phi) is 7.13. The molecule has 0 bridgehead atoms. The Bertz CT molecular complexity index is 426. The summed E-state index contributed by atoms with van der Waals surface area (Å²) in [5.74, 6) is 1.91. The van der Waals surface area contributed by atoms with Crippen LogP contribution < -0.4 is 9.47 Å². The maximum absolute atomic E-state index is 11.6. The molecule has 0 aliphatic carbocycles. The standard InChI is InChI=1S/C17H26O3/c1-5-7-8-14(6-2)12-20-17-11-15(19-4)9-10-16(17)13(3)18/h9-11,14H,5-8,12H2,1-4H3. The minimum atomic E-state index is 0.0178. The van der Waals surface area contributed by atoms with E-state index in [1.165, 1.54) is 19.3 Å². The number of Topliss-reactive ketones (excluding diaryl/α,β-unsaturated/α-hetero) is 1. The summed E-state index contributed by atoms with van der Waals surface area (Å²) in [7, 11) is 1.61. The average molecular weight is 278 g/mol. The number of unbranched alkanes of at least 4 members (excludes halogenated alkanes) is 1. The molecule has 1 atom stereocenters. The van der Waals surface area contributed by atoms with Crippen molar-refractivity contribution < 1.29 is 14.3 Å². The Balaban J connectivity index is 2.76. The molecule has 0 amide bonds. The SMILES string of the molecule is CCCCC(CC)COc1cc(OC)ccc1C(C)=O. The Labute approximate surface area is 122 Å². The number of carbonyl (C=O) groups excluding carboxylic acids is 1. The normalized spacial score (nSPS) is 12.0. The van der Waals surface area contributed by atoms with Crippen LogP contribution in [0.15, 0.2) is 18.2 Å². The van der Waals surface area contributed by atoms with Gasteiger partial charge in [0.15, 0.2) is 5.78 Å². The molecule has 0 fully saturated rings. The zero-order valence-electron chi connectivity index (χ0n) is 13.1. The monoisotopic (exact) mass is 278 g/mol. The van der Waals surface area contributed by atoms with E-state index in [0.717, 1.165) is 6.42 Å². The number of rotatable bonds is 9. The van der Waals surface area contributed by atoms with Gasteiger partial charge in [0.1, 0.15) is 11.5 Å². The molecule has 0 spiro atoms. The Morgan fingerprint density at radius 3 is 2.60 bits per heavy atom. The number of hydrogen-bond donors (Lipinski definition) is 0. The average Bonchev–Trinajstić information content (AvgIpc) is 2.47. The van der Waals surface area contributed by atoms with Gasteiger partial charge in [-0.15, -0.1) is 0 Å². The van der Waals surface area contributed by atoms with Gasteiger partial charge >= 0.3 is 0 Å². The number of carbonyl (C=O) groups is 1. The van der Waals surface area contributed by atoms with Crippen LogP contribution in [0.5, 0.6) is 11.5 Å². The van der Waals surface area contributed by atoms with Crippen LogP contribution in [-0.2, 0) is 0 Å². The van der Waals surface area contributed by atoms with Gasteiger partial charge in [-0.05, 0) is 31.4 Å². The van der Waals surface area contributed by atoms with Crippen LogP contribution in [0.25, 0.3) is 0 Å². The quantitative estimate of drug-likeness (QED) is 0.624. The van der Waals surface area contributed by atoms with Crippen LogP contribution in [0.2, 0.25) is 0 Å². The molecule has 3 heteroatoms. The summed E-state index contributed by atoms with van der Waals surface area (Å²) >= 11 is 0. The van der Waals surface area contributed by atoms with Crippen molar-refractivity contribution in [1.82, 2.24) is 0 Å². The van der Waals surface area contributed by atoms with Gasteiger partial charge in [-0.2, -0.15) is 0 Å². The maximum Gasteiger partial charge on any atom is 0.163 e. The first-order valence-corrected chi connectivity index (χ1v) is 7.44. The maximum atomic E-state index is 11.6. The summed E-state index contributed by atoms with van der Waals surface area (Å²) in [6, 6.07) is 5.35. The van der Waals surface area contributed by atoms with Crippen molar-refractivity contribution in [3.05, 3.63) is 23.8 Å². The van der Waals surface area contributed by atoms with Crippen LogP contribution in [0, 0.1) is 5.92 Å². The van der Waals surface area contributed by atoms with Crippen molar-refractivity contribution in [2.24, 2.45) is 5.92 Å². The number of benzene rings is 1. The zero-order chi connectivity index (χ0) is 15.0. The lowest BCUT2D eigenvalue weighted by Gasteiger charge is -2.17. The molecule has 0 aliphatic rings. The summed E-state index contributed by atoms with van der Waals surface area (Å²) in [4.78, 5) is 11.6. The van der Waals surface area contributed by atoms with E-state index in [9.17, 15) is 4.79 Å². The molecule has 0 N–H and O–H groups in total. The molecule has 0 saturated carbocycles. The third-order valence-corrected chi connectivity index (χ3v) is 3.59. The lowest BCUT2D eigenvalue weighted by atomic mass is 10.0. The molecule has 0 aliphatic heterocycles. The second-order valence-corrected chi connectivity index (χ2v) is 5.15. The summed E-state index contributed by atoms with van der Waals surface area (Å²) in [5.41, 5.74) is 0.621. The van der Waals surface area contributed by atoms with Crippen LogP contribution in [0.4, 0.5) is 0 Å². The molecule has 20 heavy (non-hydrogen) atoms. The van der Waals surface area contributed by atoms with Crippen molar-refractivity contribution in [3.8, 4) is 11.5 Å². The van der Waals surface area contributed by atoms with E-state index < -0.39 is 0 Å². The number of ether oxygens (including phenoxy) is 2. The Morgan fingerprint density at radius 2 is 2.05 bits per heavy atom. The summed E-state index contributed by atoms with van der Waals surface area (Å²) < 4.78 is 11.1. The van der Waals surface area contributed by atoms with E-state index in [0.29, 0.717) is 29.6 Å². The van der Waals surface area contributed by atoms with Crippen LogP contribution >= 0.6 is 0 Å². The van der Waals surface area contributed by atoms with Crippen LogP contribution in [-0.4, -0.2) is 19.5 Å². The zero-order valence-corrected chi connectivity index (χ0v) is 13.1. The first kappa shape index (κ1) is 16.5. The number of hydrogen-bond acceptors (Lipinski definition) is 3. The van der Waals surface area contributed by atoms with Gasteiger partial charge in [-0.1, -0.05) is 33.1 Å². The third kappa shape index (κ3) is 4.87. The van der Waals surface area contributed by atoms with Gasteiger partial charge in [-0.3, -0.25) is 4.79 Å². The highest BCUT2D eigenvalue weighted by atomic mass is 16.5.